The van der Waals surface area contributed by atoms with Gasteiger partial charge in [-0.25, -0.2) is 9.42 Å². The largest absolute Gasteiger partial charge is 0.462 e. The standard InChI is InChI=1S/C12H11BrN4O4/c1-2-20-12(19)6-3-4-8(7(13)5-6)15-11(18)9-10(14)17-21-16-9/h3-5H,2H2,1H3,(H2,14,17)(H,15,18). The molecule has 0 atom stereocenters. The Morgan fingerprint density at radius 2 is 2.19 bits per heavy atom. The van der Waals surface area contributed by atoms with Crippen LogP contribution in [0.1, 0.15) is 27.8 Å². The molecule has 0 bridgehead atoms. The van der Waals surface area contributed by atoms with Crippen LogP contribution in [0.5, 0.6) is 0 Å². The van der Waals surface area contributed by atoms with E-state index in [1.807, 2.05) is 0 Å². The maximum Gasteiger partial charge on any atom is 0.338 e. The fraction of sp³-hybridized carbons (Fsp3) is 0.167. The van der Waals surface area contributed by atoms with Gasteiger partial charge in [-0.3, -0.25) is 4.79 Å². The van der Waals surface area contributed by atoms with Crippen LogP contribution in [0.15, 0.2) is 27.3 Å². The SMILES string of the molecule is CCOC(=O)c1ccc(NC(=O)c2nonc2N)c(Br)c1. The molecule has 3 N–H and O–H groups in total. The number of esters is 1. The minimum atomic E-state index is -0.571. The third-order valence-electron chi connectivity index (χ3n) is 2.46. The molecule has 1 aromatic carbocycles. The zero-order valence-corrected chi connectivity index (χ0v) is 12.5. The molecule has 0 aliphatic heterocycles. The first-order valence-electron chi connectivity index (χ1n) is 5.89. The van der Waals surface area contributed by atoms with Gasteiger partial charge in [0.1, 0.15) is 0 Å². The van der Waals surface area contributed by atoms with Gasteiger partial charge in [0.05, 0.1) is 17.9 Å². The molecular formula is C12H11BrN4O4. The van der Waals surface area contributed by atoms with E-state index in [9.17, 15) is 9.59 Å². The highest BCUT2D eigenvalue weighted by atomic mass is 79.9. The van der Waals surface area contributed by atoms with Gasteiger partial charge < -0.3 is 15.8 Å². The lowest BCUT2D eigenvalue weighted by molar-refractivity contribution is 0.0526. The Labute approximate surface area is 127 Å². The Morgan fingerprint density at radius 1 is 1.43 bits per heavy atom. The van der Waals surface area contributed by atoms with Crippen LogP contribution in [0, 0.1) is 0 Å². The van der Waals surface area contributed by atoms with E-state index >= 15 is 0 Å². The zero-order chi connectivity index (χ0) is 15.4. The van der Waals surface area contributed by atoms with Crippen LogP contribution in [-0.4, -0.2) is 28.8 Å². The summed E-state index contributed by atoms with van der Waals surface area (Å²) in [6, 6.07) is 4.62. The number of aromatic nitrogens is 2. The Kier molecular flexibility index (Phi) is 4.53. The molecule has 0 fully saturated rings. The predicted octanol–water partition coefficient (Wildman–Crippen LogP) is 1.84. The van der Waals surface area contributed by atoms with E-state index in [0.29, 0.717) is 15.7 Å². The minimum Gasteiger partial charge on any atom is -0.462 e. The number of amides is 1. The maximum absolute atomic E-state index is 11.9. The number of nitrogens with two attached hydrogens (primary N) is 1. The van der Waals surface area contributed by atoms with E-state index in [1.165, 1.54) is 12.1 Å². The van der Waals surface area contributed by atoms with Crippen LogP contribution in [0.25, 0.3) is 0 Å². The summed E-state index contributed by atoms with van der Waals surface area (Å²) >= 11 is 3.26. The average molecular weight is 355 g/mol. The molecule has 0 saturated carbocycles. The van der Waals surface area contributed by atoms with Crippen LogP contribution in [0.4, 0.5) is 11.5 Å². The number of carbonyl (C=O) groups is 2. The summed E-state index contributed by atoms with van der Waals surface area (Å²) in [5, 5.41) is 9.29. The van der Waals surface area contributed by atoms with Gasteiger partial charge in [0.15, 0.2) is 0 Å². The summed E-state index contributed by atoms with van der Waals surface area (Å²) in [4.78, 5) is 23.5. The normalized spacial score (nSPS) is 10.2. The minimum absolute atomic E-state index is 0.105. The molecule has 0 aliphatic rings. The summed E-state index contributed by atoms with van der Waals surface area (Å²) in [7, 11) is 0. The van der Waals surface area contributed by atoms with Crippen LogP contribution >= 0.6 is 15.9 Å². The Bertz CT molecular complexity index is 686. The van der Waals surface area contributed by atoms with E-state index in [4.69, 9.17) is 10.5 Å². The fourth-order valence-corrected chi connectivity index (χ4v) is 1.97. The number of ether oxygens (including phenoxy) is 1. The summed E-state index contributed by atoms with van der Waals surface area (Å²) in [5.74, 6) is -1.12. The summed E-state index contributed by atoms with van der Waals surface area (Å²) in [6.45, 7) is 2.01. The van der Waals surface area contributed by atoms with E-state index < -0.39 is 11.9 Å². The van der Waals surface area contributed by atoms with Crippen molar-refractivity contribution >= 4 is 39.3 Å². The maximum atomic E-state index is 11.9. The molecule has 0 saturated heterocycles. The van der Waals surface area contributed by atoms with Crippen molar-refractivity contribution in [2.24, 2.45) is 0 Å². The number of carbonyl (C=O) groups excluding carboxylic acids is 2. The number of hydrogen-bond donors (Lipinski definition) is 2. The molecule has 9 heteroatoms. The van der Waals surface area contributed by atoms with Crippen molar-refractivity contribution in [1.29, 1.82) is 0 Å². The third kappa shape index (κ3) is 3.37. The summed E-state index contributed by atoms with van der Waals surface area (Å²) in [5.41, 5.74) is 6.12. The van der Waals surface area contributed by atoms with Crippen LogP contribution < -0.4 is 11.1 Å². The molecule has 2 rings (SSSR count). The molecule has 0 unspecified atom stereocenters. The number of nitrogen functional groups attached to an aromatic ring is 1. The lowest BCUT2D eigenvalue weighted by atomic mass is 10.2. The lowest BCUT2D eigenvalue weighted by Gasteiger charge is -2.08. The Hall–Kier alpha value is -2.42. The van der Waals surface area contributed by atoms with Crippen LogP contribution in [0.2, 0.25) is 0 Å². The van der Waals surface area contributed by atoms with Gasteiger partial charge >= 0.3 is 5.97 Å². The van der Waals surface area contributed by atoms with Gasteiger partial charge in [-0.1, -0.05) is 0 Å². The number of nitrogens with zero attached hydrogens (tertiary/aromatic N) is 2. The molecule has 0 aliphatic carbocycles. The van der Waals surface area contributed by atoms with Crippen molar-refractivity contribution < 1.29 is 19.0 Å². The highest BCUT2D eigenvalue weighted by molar-refractivity contribution is 9.10. The third-order valence-corrected chi connectivity index (χ3v) is 3.11. The summed E-state index contributed by atoms with van der Waals surface area (Å²) in [6.07, 6.45) is 0. The second-order valence-electron chi connectivity index (χ2n) is 3.87. The van der Waals surface area contributed by atoms with Crippen molar-refractivity contribution in [3.8, 4) is 0 Å². The number of anilines is 2. The lowest BCUT2D eigenvalue weighted by Crippen LogP contribution is -2.15. The second-order valence-corrected chi connectivity index (χ2v) is 4.72. The predicted molar refractivity (Wildman–Crippen MR) is 76.8 cm³/mol. The quantitative estimate of drug-likeness (QED) is 0.803. The molecule has 8 nitrogen and oxygen atoms in total. The fourth-order valence-electron chi connectivity index (χ4n) is 1.49. The molecule has 0 radical (unpaired) electrons. The molecule has 21 heavy (non-hydrogen) atoms. The molecule has 1 aromatic heterocycles. The highest BCUT2D eigenvalue weighted by Crippen LogP contribution is 2.25. The molecule has 1 amide bonds. The van der Waals surface area contributed by atoms with E-state index in [-0.39, 0.29) is 18.1 Å². The molecule has 2 aromatic rings. The van der Waals surface area contributed by atoms with Gasteiger partial charge in [0, 0.05) is 4.47 Å². The van der Waals surface area contributed by atoms with Gasteiger partial charge in [-0.2, -0.15) is 0 Å². The number of rotatable bonds is 4. The van der Waals surface area contributed by atoms with Crippen molar-refractivity contribution in [3.63, 3.8) is 0 Å². The highest BCUT2D eigenvalue weighted by Gasteiger charge is 2.17. The van der Waals surface area contributed by atoms with Crippen LogP contribution in [0.3, 0.4) is 0 Å². The zero-order valence-electron chi connectivity index (χ0n) is 10.9. The Balaban J connectivity index is 2.16. The smallest absolute Gasteiger partial charge is 0.338 e. The van der Waals surface area contributed by atoms with Gasteiger partial charge in [0.25, 0.3) is 5.91 Å². The topological polar surface area (TPSA) is 120 Å². The van der Waals surface area contributed by atoms with Crippen molar-refractivity contribution in [2.45, 2.75) is 6.92 Å². The molecular weight excluding hydrogens is 344 g/mol. The van der Waals surface area contributed by atoms with Gasteiger partial charge in [0.2, 0.25) is 11.5 Å². The molecule has 1 heterocycles. The molecule has 0 spiro atoms. The van der Waals surface area contributed by atoms with E-state index in [1.54, 1.807) is 13.0 Å². The van der Waals surface area contributed by atoms with Crippen molar-refractivity contribution in [2.75, 3.05) is 17.7 Å². The Morgan fingerprint density at radius 3 is 2.76 bits per heavy atom. The number of benzene rings is 1. The average Bonchev–Trinajstić information content (AvgIpc) is 2.87. The van der Waals surface area contributed by atoms with Crippen molar-refractivity contribution in [3.05, 3.63) is 33.9 Å². The van der Waals surface area contributed by atoms with E-state index in [0.717, 1.165) is 0 Å². The monoisotopic (exact) mass is 354 g/mol. The van der Waals surface area contributed by atoms with Crippen molar-refractivity contribution in [1.82, 2.24) is 10.3 Å². The number of nitrogens with one attached hydrogen (secondary N) is 1. The number of hydrogen-bond acceptors (Lipinski definition) is 7. The first-order valence-corrected chi connectivity index (χ1v) is 6.68. The van der Waals surface area contributed by atoms with E-state index in [2.05, 4.69) is 36.2 Å². The van der Waals surface area contributed by atoms with Gasteiger partial charge in [-0.05, 0) is 51.4 Å². The molecule has 110 valence electrons. The number of halogens is 1. The first-order chi connectivity index (χ1) is 10.0. The second kappa shape index (κ2) is 6.35. The summed E-state index contributed by atoms with van der Waals surface area (Å²) < 4.78 is 9.75. The first kappa shape index (κ1) is 15.0. The van der Waals surface area contributed by atoms with Gasteiger partial charge in [-0.15, -0.1) is 0 Å². The van der Waals surface area contributed by atoms with Crippen LogP contribution in [-0.2, 0) is 4.74 Å².